The largest absolute Gasteiger partial charge is 0.279 e. The summed E-state index contributed by atoms with van der Waals surface area (Å²) >= 11 is 6.15. The summed E-state index contributed by atoms with van der Waals surface area (Å²) in [6.45, 7) is 0. The predicted molar refractivity (Wildman–Crippen MR) is 109 cm³/mol. The normalized spacial score (nSPS) is 13.1. The molecule has 1 aliphatic rings. The number of aromatic nitrogens is 1. The van der Waals surface area contributed by atoms with Crippen LogP contribution in [0.5, 0.6) is 0 Å². The van der Waals surface area contributed by atoms with Crippen LogP contribution in [0.25, 0.3) is 0 Å². The number of pyridine rings is 1. The van der Waals surface area contributed by atoms with E-state index in [1.54, 1.807) is 6.07 Å². The second-order valence-corrected chi connectivity index (χ2v) is 8.33. The molecule has 30 heavy (non-hydrogen) atoms. The first-order chi connectivity index (χ1) is 14.3. The number of anilines is 2. The summed E-state index contributed by atoms with van der Waals surface area (Å²) in [6.07, 6.45) is 2.84. The molecule has 0 radical (unpaired) electrons. The van der Waals surface area contributed by atoms with Gasteiger partial charge in [0, 0.05) is 6.20 Å². The minimum absolute atomic E-state index is 0.0241. The highest BCUT2D eigenvalue weighted by Crippen LogP contribution is 2.37. The summed E-state index contributed by atoms with van der Waals surface area (Å²) in [5.41, 5.74) is 0.220. The Morgan fingerprint density at radius 3 is 2.33 bits per heavy atom. The zero-order chi connectivity index (χ0) is 21.5. The number of rotatable bonds is 4. The molecule has 8 nitrogen and oxygen atoms in total. The third-order valence-corrected chi connectivity index (χ3v) is 6.13. The molecule has 0 saturated heterocycles. The molecular formula is C20H11ClN4O4S. The molecule has 0 atom stereocenters. The van der Waals surface area contributed by atoms with Crippen molar-refractivity contribution in [2.24, 2.45) is 0 Å². The van der Waals surface area contributed by atoms with E-state index in [4.69, 9.17) is 16.9 Å². The van der Waals surface area contributed by atoms with E-state index in [2.05, 4.69) is 9.71 Å². The minimum atomic E-state index is -4.09. The number of carbonyl (C=O) groups excluding carboxylic acids is 2. The van der Waals surface area contributed by atoms with Gasteiger partial charge in [0.05, 0.1) is 50.2 Å². The Morgan fingerprint density at radius 2 is 1.70 bits per heavy atom. The Labute approximate surface area is 176 Å². The summed E-state index contributed by atoms with van der Waals surface area (Å²) < 4.78 is 27.9. The molecule has 2 heterocycles. The molecule has 10 heteroatoms. The summed E-state index contributed by atoms with van der Waals surface area (Å²) in [5, 5.41) is 8.89. The molecule has 1 aromatic heterocycles. The average molecular weight is 439 g/mol. The van der Waals surface area contributed by atoms with Crippen LogP contribution in [0.2, 0.25) is 5.02 Å². The Morgan fingerprint density at radius 1 is 1.00 bits per heavy atom. The minimum Gasteiger partial charge on any atom is -0.279 e. The van der Waals surface area contributed by atoms with E-state index in [1.807, 2.05) is 6.07 Å². The Kier molecular flexibility index (Phi) is 4.73. The van der Waals surface area contributed by atoms with Gasteiger partial charge in [-0.05, 0) is 48.5 Å². The van der Waals surface area contributed by atoms with E-state index in [0.717, 1.165) is 4.90 Å². The first-order valence-electron chi connectivity index (χ1n) is 8.48. The summed E-state index contributed by atoms with van der Waals surface area (Å²) in [5.74, 6) is -1.39. The molecule has 0 aliphatic carbocycles. The fourth-order valence-electron chi connectivity index (χ4n) is 3.04. The number of imide groups is 1. The zero-order valence-electron chi connectivity index (χ0n) is 15.0. The molecule has 0 unspecified atom stereocenters. The second-order valence-electron chi connectivity index (χ2n) is 6.24. The highest BCUT2D eigenvalue weighted by atomic mass is 35.5. The molecule has 0 saturated carbocycles. The van der Waals surface area contributed by atoms with Crippen molar-refractivity contribution in [2.75, 3.05) is 9.62 Å². The van der Waals surface area contributed by atoms with Crippen molar-refractivity contribution in [2.45, 2.75) is 4.90 Å². The maximum Gasteiger partial charge on any atom is 0.268 e. The fraction of sp³-hybridized carbons (Fsp3) is 0. The first-order valence-corrected chi connectivity index (χ1v) is 10.3. The number of sulfonamides is 1. The van der Waals surface area contributed by atoms with Gasteiger partial charge in [0.25, 0.3) is 21.8 Å². The molecule has 0 bridgehead atoms. The van der Waals surface area contributed by atoms with Crippen molar-refractivity contribution < 1.29 is 18.0 Å². The molecule has 3 aromatic rings. The molecule has 0 spiro atoms. The van der Waals surface area contributed by atoms with Crippen molar-refractivity contribution >= 4 is 44.8 Å². The first kappa shape index (κ1) is 19.6. The molecule has 1 aliphatic heterocycles. The maximum atomic E-state index is 13.0. The highest BCUT2D eigenvalue weighted by molar-refractivity contribution is 7.92. The standard InChI is InChI=1S/C20H11ClN4O4S/c21-15-7-8-16(24-30(28,29)14-5-3-12(10-22)4-6-14)18-17(15)19(26)25(20(18)27)13-2-1-9-23-11-13/h1-9,11,24H. The van der Waals surface area contributed by atoms with Crippen LogP contribution in [-0.2, 0) is 10.0 Å². The van der Waals surface area contributed by atoms with Crippen LogP contribution in [-0.4, -0.2) is 25.2 Å². The summed E-state index contributed by atoms with van der Waals surface area (Å²) in [7, 11) is -4.09. The van der Waals surface area contributed by atoms with Gasteiger partial charge < -0.3 is 0 Å². The van der Waals surface area contributed by atoms with E-state index in [1.165, 1.54) is 54.9 Å². The van der Waals surface area contributed by atoms with Gasteiger partial charge in [-0.25, -0.2) is 13.3 Å². The van der Waals surface area contributed by atoms with E-state index < -0.39 is 21.8 Å². The number of hydrogen-bond donors (Lipinski definition) is 1. The number of halogens is 1. The lowest BCUT2D eigenvalue weighted by Crippen LogP contribution is -2.29. The lowest BCUT2D eigenvalue weighted by molar-refractivity contribution is 0.0926. The number of fused-ring (bicyclic) bond motifs is 1. The predicted octanol–water partition coefficient (Wildman–Crippen LogP) is 3.21. The van der Waals surface area contributed by atoms with Crippen molar-refractivity contribution in [3.63, 3.8) is 0 Å². The molecule has 148 valence electrons. The van der Waals surface area contributed by atoms with Gasteiger partial charge in [-0.3, -0.25) is 19.3 Å². The zero-order valence-corrected chi connectivity index (χ0v) is 16.6. The van der Waals surface area contributed by atoms with Gasteiger partial charge in [0.2, 0.25) is 0 Å². The Balaban J connectivity index is 1.77. The van der Waals surface area contributed by atoms with Crippen molar-refractivity contribution in [1.82, 2.24) is 4.98 Å². The SMILES string of the molecule is N#Cc1ccc(S(=O)(=O)Nc2ccc(Cl)c3c2C(=O)N(c2cccnc2)C3=O)cc1. The van der Waals surface area contributed by atoms with Crippen LogP contribution < -0.4 is 9.62 Å². The third-order valence-electron chi connectivity index (χ3n) is 4.43. The topological polar surface area (TPSA) is 120 Å². The second kappa shape index (κ2) is 7.26. The number of nitrogens with one attached hydrogen (secondary N) is 1. The van der Waals surface area contributed by atoms with Crippen LogP contribution in [0, 0.1) is 11.3 Å². The van der Waals surface area contributed by atoms with Gasteiger partial charge >= 0.3 is 0 Å². The highest BCUT2D eigenvalue weighted by Gasteiger charge is 2.41. The van der Waals surface area contributed by atoms with Crippen LogP contribution in [0.15, 0.2) is 65.8 Å². The number of nitrogens with zero attached hydrogens (tertiary/aromatic N) is 3. The van der Waals surface area contributed by atoms with Crippen molar-refractivity contribution in [3.05, 3.63) is 82.6 Å². The molecule has 4 rings (SSSR count). The molecule has 2 amide bonds. The fourth-order valence-corrected chi connectivity index (χ4v) is 4.35. The molecule has 2 aromatic carbocycles. The van der Waals surface area contributed by atoms with E-state index in [9.17, 15) is 18.0 Å². The molecular weight excluding hydrogens is 428 g/mol. The molecule has 1 N–H and O–H groups in total. The van der Waals surface area contributed by atoms with E-state index >= 15 is 0 Å². The lowest BCUT2D eigenvalue weighted by Gasteiger charge is -2.13. The van der Waals surface area contributed by atoms with Crippen LogP contribution in [0.3, 0.4) is 0 Å². The number of hydrogen-bond acceptors (Lipinski definition) is 6. The number of benzene rings is 2. The number of nitriles is 1. The molecule has 0 fully saturated rings. The van der Waals surface area contributed by atoms with Gasteiger partial charge in [-0.15, -0.1) is 0 Å². The van der Waals surface area contributed by atoms with Gasteiger partial charge in [-0.1, -0.05) is 11.6 Å². The van der Waals surface area contributed by atoms with Crippen molar-refractivity contribution in [3.8, 4) is 6.07 Å². The Hall–Kier alpha value is -3.74. The van der Waals surface area contributed by atoms with Crippen LogP contribution in [0.4, 0.5) is 11.4 Å². The van der Waals surface area contributed by atoms with Gasteiger partial charge in [-0.2, -0.15) is 5.26 Å². The lowest BCUT2D eigenvalue weighted by atomic mass is 10.1. The smallest absolute Gasteiger partial charge is 0.268 e. The van der Waals surface area contributed by atoms with E-state index in [-0.39, 0.29) is 32.4 Å². The van der Waals surface area contributed by atoms with E-state index in [0.29, 0.717) is 5.56 Å². The summed E-state index contributed by atoms with van der Waals surface area (Å²) in [4.78, 5) is 30.6. The monoisotopic (exact) mass is 438 g/mol. The van der Waals surface area contributed by atoms with Crippen LogP contribution in [0.1, 0.15) is 26.3 Å². The van der Waals surface area contributed by atoms with Gasteiger partial charge in [0.1, 0.15) is 0 Å². The number of carbonyl (C=O) groups is 2. The Bertz CT molecular complexity index is 1330. The third kappa shape index (κ3) is 3.18. The van der Waals surface area contributed by atoms with Crippen molar-refractivity contribution in [1.29, 1.82) is 5.26 Å². The van der Waals surface area contributed by atoms with Gasteiger partial charge in [0.15, 0.2) is 0 Å². The van der Waals surface area contributed by atoms with Crippen LogP contribution >= 0.6 is 11.6 Å². The quantitative estimate of drug-likeness (QED) is 0.624. The maximum absolute atomic E-state index is 13.0. The average Bonchev–Trinajstić information content (AvgIpc) is 3.02. The summed E-state index contributed by atoms with van der Waals surface area (Å²) in [6, 6.07) is 12.9. The number of amides is 2.